The van der Waals surface area contributed by atoms with Gasteiger partial charge in [-0.25, -0.2) is 14.0 Å². The number of carbonyl (C=O) groups excluding carboxylic acids is 1. The lowest BCUT2D eigenvalue weighted by Gasteiger charge is -2.31. The molecule has 2 aliphatic rings. The Bertz CT molecular complexity index is 1180. The van der Waals surface area contributed by atoms with Crippen LogP contribution in [0.5, 0.6) is 0 Å². The molecule has 2 saturated carbocycles. The molecular formula is C26H27F4NO5. The summed E-state index contributed by atoms with van der Waals surface area (Å²) >= 11 is 0. The fourth-order valence-electron chi connectivity index (χ4n) is 5.60. The zero-order valence-corrected chi connectivity index (χ0v) is 19.4. The van der Waals surface area contributed by atoms with Crippen LogP contribution in [0.15, 0.2) is 24.3 Å². The number of rotatable bonds is 5. The zero-order valence-electron chi connectivity index (χ0n) is 19.4. The molecule has 194 valence electrons. The molecule has 2 aromatic rings. The summed E-state index contributed by atoms with van der Waals surface area (Å²) in [7, 11) is 0. The summed E-state index contributed by atoms with van der Waals surface area (Å²) in [6.07, 6.45) is -3.69. The van der Waals surface area contributed by atoms with Gasteiger partial charge in [0, 0.05) is 22.4 Å². The molecule has 0 saturated heterocycles. The molecule has 1 amide bonds. The molecule has 0 unspecified atom stereocenters. The Morgan fingerprint density at radius 1 is 0.750 bits per heavy atom. The predicted octanol–water partition coefficient (Wildman–Crippen LogP) is 6.08. The molecule has 3 N–H and O–H groups in total. The minimum Gasteiger partial charge on any atom is -0.478 e. The first-order valence-corrected chi connectivity index (χ1v) is 12.0. The van der Waals surface area contributed by atoms with E-state index in [0.29, 0.717) is 31.2 Å². The van der Waals surface area contributed by atoms with Gasteiger partial charge < -0.3 is 15.5 Å². The number of alkyl halides is 4. The quantitative estimate of drug-likeness (QED) is 0.424. The van der Waals surface area contributed by atoms with Gasteiger partial charge in [0.1, 0.15) is 6.17 Å². The molecule has 6 nitrogen and oxygen atoms in total. The zero-order chi connectivity index (χ0) is 26.2. The molecule has 2 aliphatic carbocycles. The van der Waals surface area contributed by atoms with Gasteiger partial charge in [-0.05, 0) is 81.0 Å². The number of carboxylic acids is 2. The summed E-state index contributed by atoms with van der Waals surface area (Å²) in [5, 5.41) is 22.5. The van der Waals surface area contributed by atoms with Gasteiger partial charge in [-0.3, -0.25) is 4.79 Å². The van der Waals surface area contributed by atoms with Gasteiger partial charge in [0.05, 0.1) is 17.0 Å². The van der Waals surface area contributed by atoms with Crippen LogP contribution in [0.3, 0.4) is 0 Å². The Balaban J connectivity index is 1.80. The van der Waals surface area contributed by atoms with Crippen molar-refractivity contribution < 1.29 is 42.2 Å². The van der Waals surface area contributed by atoms with E-state index in [1.54, 1.807) is 0 Å². The lowest BCUT2D eigenvalue weighted by atomic mass is 9.76. The number of halogens is 4. The Hall–Kier alpha value is -3.17. The number of nitrogens with one attached hydrogen (secondary N) is 1. The van der Waals surface area contributed by atoms with Crippen molar-refractivity contribution in [1.82, 2.24) is 5.32 Å². The number of carboxylic acid groups (broad SMARTS) is 2. The summed E-state index contributed by atoms with van der Waals surface area (Å²) in [6.45, 7) is 0. The van der Waals surface area contributed by atoms with Crippen LogP contribution < -0.4 is 5.32 Å². The highest BCUT2D eigenvalue weighted by Gasteiger charge is 2.42. The van der Waals surface area contributed by atoms with Gasteiger partial charge in [-0.15, -0.1) is 0 Å². The van der Waals surface area contributed by atoms with E-state index < -0.39 is 42.0 Å². The maximum Gasteiger partial charge on any atom is 0.391 e. The first kappa shape index (κ1) is 25.9. The Labute approximate surface area is 204 Å². The number of aromatic carboxylic acids is 2. The van der Waals surface area contributed by atoms with E-state index in [0.717, 1.165) is 0 Å². The first-order chi connectivity index (χ1) is 17.0. The van der Waals surface area contributed by atoms with E-state index in [1.807, 2.05) is 0 Å². The monoisotopic (exact) mass is 509 g/mol. The molecule has 2 aromatic carbocycles. The smallest absolute Gasteiger partial charge is 0.391 e. The summed E-state index contributed by atoms with van der Waals surface area (Å²) in [5.74, 6) is -5.13. The summed E-state index contributed by atoms with van der Waals surface area (Å²) in [6, 6.07) is 4.94. The van der Waals surface area contributed by atoms with Crippen LogP contribution in [0.25, 0.3) is 10.8 Å². The highest BCUT2D eigenvalue weighted by Crippen LogP contribution is 2.45. The second-order valence-corrected chi connectivity index (χ2v) is 9.74. The van der Waals surface area contributed by atoms with Crippen LogP contribution in [-0.4, -0.2) is 46.4 Å². The standard InChI is InChI=1S/C26H27F4NO5/c27-15-5-7-16(8-6-15)31-23(32)18-10-12-19(24(33)34)21-17(9-11-20(22(18)21)25(35)36)13-1-3-14(4-2-13)26(28,29)30/h9-16H,1-8H2,(H,31,32)(H,33,34)(H,35,36). The van der Waals surface area contributed by atoms with Crippen LogP contribution in [0.1, 0.15) is 93.9 Å². The molecule has 4 rings (SSSR count). The van der Waals surface area contributed by atoms with E-state index in [4.69, 9.17) is 0 Å². The minimum absolute atomic E-state index is 0.0272. The number of benzene rings is 2. The van der Waals surface area contributed by atoms with Gasteiger partial charge >= 0.3 is 18.1 Å². The van der Waals surface area contributed by atoms with Crippen molar-refractivity contribution in [3.05, 3.63) is 46.5 Å². The van der Waals surface area contributed by atoms with Crippen LogP contribution >= 0.6 is 0 Å². The highest BCUT2D eigenvalue weighted by atomic mass is 19.4. The summed E-state index contributed by atoms with van der Waals surface area (Å²) in [4.78, 5) is 37.4. The molecule has 0 spiro atoms. The van der Waals surface area contributed by atoms with Crippen LogP contribution in [0.4, 0.5) is 17.6 Å². The van der Waals surface area contributed by atoms with Gasteiger partial charge in [-0.1, -0.05) is 6.07 Å². The van der Waals surface area contributed by atoms with E-state index in [1.165, 1.54) is 24.3 Å². The van der Waals surface area contributed by atoms with Gasteiger partial charge in [-0.2, -0.15) is 13.2 Å². The van der Waals surface area contributed by atoms with Crippen molar-refractivity contribution in [1.29, 1.82) is 0 Å². The lowest BCUT2D eigenvalue weighted by molar-refractivity contribution is -0.182. The number of hydrogen-bond acceptors (Lipinski definition) is 3. The first-order valence-electron chi connectivity index (χ1n) is 12.0. The number of carbonyl (C=O) groups is 3. The van der Waals surface area contributed by atoms with Gasteiger partial charge in [0.15, 0.2) is 0 Å². The average Bonchev–Trinajstić information content (AvgIpc) is 2.83. The van der Waals surface area contributed by atoms with Crippen LogP contribution in [0, 0.1) is 5.92 Å². The van der Waals surface area contributed by atoms with Gasteiger partial charge in [0.25, 0.3) is 5.91 Å². The molecule has 36 heavy (non-hydrogen) atoms. The Morgan fingerprint density at radius 2 is 1.28 bits per heavy atom. The fourth-order valence-corrected chi connectivity index (χ4v) is 5.60. The molecule has 0 aliphatic heterocycles. The van der Waals surface area contributed by atoms with Crippen molar-refractivity contribution in [2.24, 2.45) is 5.92 Å². The van der Waals surface area contributed by atoms with Crippen molar-refractivity contribution in [3.8, 4) is 0 Å². The molecule has 10 heteroatoms. The number of fused-ring (bicyclic) bond motifs is 1. The summed E-state index contributed by atoms with van der Waals surface area (Å²) in [5.41, 5.74) is -0.0739. The lowest BCUT2D eigenvalue weighted by Crippen LogP contribution is -2.38. The number of hydrogen-bond donors (Lipinski definition) is 3. The van der Waals surface area contributed by atoms with E-state index in [2.05, 4.69) is 5.32 Å². The normalized spacial score (nSPS) is 24.9. The van der Waals surface area contributed by atoms with Crippen molar-refractivity contribution in [3.63, 3.8) is 0 Å². The van der Waals surface area contributed by atoms with Crippen LogP contribution in [0.2, 0.25) is 0 Å². The van der Waals surface area contributed by atoms with E-state index in [-0.39, 0.29) is 59.2 Å². The minimum atomic E-state index is -4.31. The average molecular weight is 509 g/mol. The third-order valence-electron chi connectivity index (χ3n) is 7.52. The third-order valence-corrected chi connectivity index (χ3v) is 7.52. The van der Waals surface area contributed by atoms with Crippen molar-refractivity contribution in [2.45, 2.75) is 75.7 Å². The van der Waals surface area contributed by atoms with E-state index in [9.17, 15) is 42.2 Å². The molecule has 0 atom stereocenters. The topological polar surface area (TPSA) is 104 Å². The van der Waals surface area contributed by atoms with Crippen molar-refractivity contribution >= 4 is 28.6 Å². The third kappa shape index (κ3) is 5.17. The largest absolute Gasteiger partial charge is 0.478 e. The highest BCUT2D eigenvalue weighted by molar-refractivity contribution is 6.19. The number of amides is 1. The fraction of sp³-hybridized carbons (Fsp3) is 0.500. The Morgan fingerprint density at radius 3 is 1.83 bits per heavy atom. The second-order valence-electron chi connectivity index (χ2n) is 9.74. The molecule has 2 fully saturated rings. The van der Waals surface area contributed by atoms with Crippen molar-refractivity contribution in [2.75, 3.05) is 0 Å². The Kier molecular flexibility index (Phi) is 7.24. The SMILES string of the molecule is O=C(O)c1ccc(C2CCC(C(F)(F)F)CC2)c2c(C(=O)O)ccc(C(=O)NC3CCC(F)CC3)c12. The van der Waals surface area contributed by atoms with Gasteiger partial charge in [0.2, 0.25) is 0 Å². The van der Waals surface area contributed by atoms with E-state index >= 15 is 0 Å². The molecular weight excluding hydrogens is 482 g/mol. The molecule has 0 radical (unpaired) electrons. The van der Waals surface area contributed by atoms with Crippen LogP contribution in [-0.2, 0) is 0 Å². The molecule has 0 bridgehead atoms. The predicted molar refractivity (Wildman–Crippen MR) is 123 cm³/mol. The second kappa shape index (κ2) is 10.1. The maximum atomic E-state index is 13.5. The molecule has 0 heterocycles. The summed E-state index contributed by atoms with van der Waals surface area (Å²) < 4.78 is 53.1. The maximum absolute atomic E-state index is 13.5. The molecule has 0 aromatic heterocycles.